The van der Waals surface area contributed by atoms with Crippen LogP contribution in [0, 0.1) is 28.6 Å². The second-order valence-corrected chi connectivity index (χ2v) is 19.6. The van der Waals surface area contributed by atoms with Crippen molar-refractivity contribution in [2.75, 3.05) is 13.2 Å². The molecule has 11 atom stereocenters. The molecule has 61 heavy (non-hydrogen) atoms. The van der Waals surface area contributed by atoms with E-state index in [1.807, 2.05) is 24.3 Å². The predicted octanol–water partition coefficient (Wildman–Crippen LogP) is 4.11. The van der Waals surface area contributed by atoms with Crippen molar-refractivity contribution >= 4 is 29.4 Å². The minimum absolute atomic E-state index is 0.0167. The summed E-state index contributed by atoms with van der Waals surface area (Å²) in [7, 11) is 0. The maximum Gasteiger partial charge on any atom is 0.306 e. The SMILES string of the molecule is CC(C)(C)OC(=O)CC[C@H](NC(=O)CN)C(=O)NC1CCC(Cc2ccc([C@@H]3O[C@@H]4C[C@H]5[C@@H]6C[C@H](F)C7=CC(=O)C=C[C@]7(C)[C@@]6(F)[C@@H](O)C[C@]5(C)[C@]4(C(=O)CO)O3)cc2)CC1. The molecule has 4 saturated carbocycles. The normalized spacial score (nSPS) is 38.3. The van der Waals surface area contributed by atoms with Gasteiger partial charge in [0.05, 0.1) is 18.8 Å². The molecule has 1 aliphatic heterocycles. The third kappa shape index (κ3) is 7.91. The molecule has 5 fully saturated rings. The van der Waals surface area contributed by atoms with Crippen molar-refractivity contribution in [2.45, 2.75) is 152 Å². The lowest BCUT2D eigenvalue weighted by molar-refractivity contribution is -0.235. The lowest BCUT2D eigenvalue weighted by Gasteiger charge is -2.63. The number of rotatable bonds is 12. The highest BCUT2D eigenvalue weighted by atomic mass is 19.1. The first kappa shape index (κ1) is 45.1. The molecule has 13 nitrogen and oxygen atoms in total. The number of benzene rings is 1. The molecule has 15 heteroatoms. The maximum atomic E-state index is 17.7. The van der Waals surface area contributed by atoms with Crippen LogP contribution in [0.15, 0.2) is 48.1 Å². The minimum atomic E-state index is -2.33. The van der Waals surface area contributed by atoms with Crippen molar-refractivity contribution in [3.63, 3.8) is 0 Å². The van der Waals surface area contributed by atoms with Gasteiger partial charge >= 0.3 is 5.97 Å². The summed E-state index contributed by atoms with van der Waals surface area (Å²) in [5, 5.41) is 27.8. The second-order valence-electron chi connectivity index (χ2n) is 19.6. The van der Waals surface area contributed by atoms with Crippen LogP contribution in [0.1, 0.15) is 110 Å². The molecule has 2 amide bonds. The predicted molar refractivity (Wildman–Crippen MR) is 218 cm³/mol. The number of hydrogen-bond donors (Lipinski definition) is 5. The molecular formula is C46H61F2N3O10. The summed E-state index contributed by atoms with van der Waals surface area (Å²) in [6.45, 7) is 7.41. The summed E-state index contributed by atoms with van der Waals surface area (Å²) >= 11 is 0. The number of fused-ring (bicyclic) bond motifs is 7. The van der Waals surface area contributed by atoms with Crippen LogP contribution < -0.4 is 16.4 Å². The van der Waals surface area contributed by atoms with Gasteiger partial charge in [-0.05, 0) is 121 Å². The number of alkyl halides is 2. The van der Waals surface area contributed by atoms with E-state index >= 15 is 8.78 Å². The molecule has 5 aliphatic carbocycles. The van der Waals surface area contributed by atoms with E-state index in [2.05, 4.69) is 10.6 Å². The topological polar surface area (TPSA) is 204 Å². The van der Waals surface area contributed by atoms with Gasteiger partial charge in [0.15, 0.2) is 29.1 Å². The number of Topliss-reactive ketones (excluding diaryl/α,β-unsaturated/α-hetero) is 1. The number of ether oxygens (including phenoxy) is 3. The van der Waals surface area contributed by atoms with E-state index < -0.39 is 100 Å². The summed E-state index contributed by atoms with van der Waals surface area (Å²) in [5.41, 5.74) is -0.293. The van der Waals surface area contributed by atoms with Gasteiger partial charge in [-0.3, -0.25) is 24.0 Å². The molecule has 1 saturated heterocycles. The number of halogens is 2. The number of carbonyl (C=O) groups is 5. The Morgan fingerprint density at radius 1 is 1.05 bits per heavy atom. The van der Waals surface area contributed by atoms with Gasteiger partial charge in [-0.2, -0.15) is 0 Å². The van der Waals surface area contributed by atoms with Gasteiger partial charge in [0, 0.05) is 34.8 Å². The molecular weight excluding hydrogens is 793 g/mol. The van der Waals surface area contributed by atoms with E-state index in [4.69, 9.17) is 19.9 Å². The Bertz CT molecular complexity index is 1960. The zero-order valence-electron chi connectivity index (χ0n) is 35.7. The quantitative estimate of drug-likeness (QED) is 0.190. The summed E-state index contributed by atoms with van der Waals surface area (Å²) in [6.07, 6.45) is 2.30. The molecule has 1 aromatic carbocycles. The zero-order chi connectivity index (χ0) is 44.3. The first-order valence-corrected chi connectivity index (χ1v) is 21.7. The molecule has 6 N–H and O–H groups in total. The Hall–Kier alpha value is -3.89. The van der Waals surface area contributed by atoms with Crippen LogP contribution in [-0.2, 0) is 44.6 Å². The van der Waals surface area contributed by atoms with E-state index in [1.165, 1.54) is 19.1 Å². The summed E-state index contributed by atoms with van der Waals surface area (Å²) in [4.78, 5) is 63.8. The molecule has 1 heterocycles. The Morgan fingerprint density at radius 3 is 2.38 bits per heavy atom. The minimum Gasteiger partial charge on any atom is -0.460 e. The van der Waals surface area contributed by atoms with Crippen LogP contribution >= 0.6 is 0 Å². The van der Waals surface area contributed by atoms with Gasteiger partial charge in [-0.25, -0.2) is 8.78 Å². The fraction of sp³-hybridized carbons (Fsp3) is 0.674. The molecule has 1 aromatic rings. The standard InChI is InChI=1S/C46H61F2N3O10/c1-42(2,3)60-39(57)15-14-34(51-38(56)23-49)40(58)50-28-12-8-26(9-13-28)18-25-6-10-27(11-7-25)41-59-37-21-30-31-20-33(47)32-19-29(53)16-17-43(32,4)45(31,48)35(54)22-44(30,5)46(37,61-41)36(55)24-52/h6-7,10-11,16-17,19,26,28,30-31,33-35,37,41,52,54H,8-9,12-15,18,20-24,49H2,1-5H3,(H,50,58)(H,51,56)/t26?,28?,30-,31-,33-,34-,35-,37+,41+,43-,44-,45-,46+/m0/s1. The molecule has 0 unspecified atom stereocenters. The van der Waals surface area contributed by atoms with Gasteiger partial charge < -0.3 is 40.8 Å². The van der Waals surface area contributed by atoms with Gasteiger partial charge in [-0.15, -0.1) is 0 Å². The fourth-order valence-corrected chi connectivity index (χ4v) is 11.8. The highest BCUT2D eigenvalue weighted by Crippen LogP contribution is 2.72. The molecule has 7 rings (SSSR count). The van der Waals surface area contributed by atoms with E-state index in [0.717, 1.165) is 43.7 Å². The average molecular weight is 854 g/mol. The highest BCUT2D eigenvalue weighted by Gasteiger charge is 2.80. The van der Waals surface area contributed by atoms with E-state index in [1.54, 1.807) is 27.7 Å². The third-order valence-electron chi connectivity index (χ3n) is 14.8. The van der Waals surface area contributed by atoms with Crippen molar-refractivity contribution in [3.05, 3.63) is 59.2 Å². The monoisotopic (exact) mass is 853 g/mol. The molecule has 0 spiro atoms. The summed E-state index contributed by atoms with van der Waals surface area (Å²) in [5.74, 6) is -3.70. The van der Waals surface area contributed by atoms with Crippen LogP contribution in [-0.4, -0.2) is 100 Å². The van der Waals surface area contributed by atoms with Crippen molar-refractivity contribution in [2.24, 2.45) is 34.3 Å². The van der Waals surface area contributed by atoms with Crippen LogP contribution in [0.2, 0.25) is 0 Å². The number of nitrogens with two attached hydrogens (primary N) is 1. The Balaban J connectivity index is 0.977. The Morgan fingerprint density at radius 2 is 1.74 bits per heavy atom. The van der Waals surface area contributed by atoms with E-state index in [0.29, 0.717) is 11.5 Å². The van der Waals surface area contributed by atoms with Crippen molar-refractivity contribution in [1.29, 1.82) is 0 Å². The number of nitrogens with one attached hydrogen (secondary N) is 2. The molecule has 0 radical (unpaired) electrons. The first-order valence-electron chi connectivity index (χ1n) is 21.7. The number of aliphatic hydroxyl groups is 2. The van der Waals surface area contributed by atoms with Crippen LogP contribution in [0.3, 0.4) is 0 Å². The van der Waals surface area contributed by atoms with Gasteiger partial charge in [0.2, 0.25) is 11.8 Å². The lowest BCUT2D eigenvalue weighted by Crippen LogP contribution is -2.70. The van der Waals surface area contributed by atoms with E-state index in [-0.39, 0.29) is 56.2 Å². The second kappa shape index (κ2) is 16.7. The fourth-order valence-electron chi connectivity index (χ4n) is 11.8. The number of ketones is 2. The average Bonchev–Trinajstić information content (AvgIpc) is 3.71. The molecule has 334 valence electrons. The maximum absolute atomic E-state index is 17.7. The number of carbonyl (C=O) groups excluding carboxylic acids is 5. The molecule has 0 aromatic heterocycles. The molecule has 0 bridgehead atoms. The number of hydrogen-bond acceptors (Lipinski definition) is 11. The van der Waals surface area contributed by atoms with Crippen LogP contribution in [0.4, 0.5) is 8.78 Å². The van der Waals surface area contributed by atoms with Crippen molar-refractivity contribution < 1.29 is 57.2 Å². The zero-order valence-corrected chi connectivity index (χ0v) is 35.7. The number of amides is 2. The smallest absolute Gasteiger partial charge is 0.306 e. The van der Waals surface area contributed by atoms with Crippen LogP contribution in [0.5, 0.6) is 0 Å². The van der Waals surface area contributed by atoms with Gasteiger partial charge in [0.25, 0.3) is 0 Å². The lowest BCUT2D eigenvalue weighted by atomic mass is 9.44. The first-order chi connectivity index (χ1) is 28.7. The number of aliphatic hydroxyl groups excluding tert-OH is 2. The highest BCUT2D eigenvalue weighted by molar-refractivity contribution is 6.01. The number of allylic oxidation sites excluding steroid dienone is 4. The number of esters is 1. The summed E-state index contributed by atoms with van der Waals surface area (Å²) in [6, 6.07) is 6.69. The van der Waals surface area contributed by atoms with Gasteiger partial charge in [0.1, 0.15) is 24.4 Å². The Labute approximate surface area is 355 Å². The van der Waals surface area contributed by atoms with Crippen molar-refractivity contribution in [1.82, 2.24) is 10.6 Å². The molecule has 6 aliphatic rings. The largest absolute Gasteiger partial charge is 0.460 e. The van der Waals surface area contributed by atoms with Crippen LogP contribution in [0.25, 0.3) is 0 Å². The third-order valence-corrected chi connectivity index (χ3v) is 14.8. The summed E-state index contributed by atoms with van der Waals surface area (Å²) < 4.78 is 52.2. The Kier molecular flexibility index (Phi) is 12.3. The van der Waals surface area contributed by atoms with Gasteiger partial charge in [-0.1, -0.05) is 37.3 Å². The van der Waals surface area contributed by atoms with E-state index in [9.17, 15) is 34.2 Å². The van der Waals surface area contributed by atoms with Crippen molar-refractivity contribution in [3.8, 4) is 0 Å².